The highest BCUT2D eigenvalue weighted by molar-refractivity contribution is 5.71. The van der Waals surface area contributed by atoms with Gasteiger partial charge >= 0.3 is 0 Å². The molecular formula is C17H18O3. The molecule has 0 fully saturated rings. The number of rotatable bonds is 5. The Morgan fingerprint density at radius 3 is 1.60 bits per heavy atom. The molecule has 0 heterocycles. The zero-order chi connectivity index (χ0) is 14.4. The van der Waals surface area contributed by atoms with E-state index in [0.717, 1.165) is 28.4 Å². The Labute approximate surface area is 119 Å². The highest BCUT2D eigenvalue weighted by Gasteiger charge is 1.99. The average Bonchev–Trinajstić information content (AvgIpc) is 2.53. The molecule has 0 saturated carbocycles. The summed E-state index contributed by atoms with van der Waals surface area (Å²) in [6, 6.07) is 13.7. The quantitative estimate of drug-likeness (QED) is 0.776. The van der Waals surface area contributed by atoms with Gasteiger partial charge in [0.1, 0.15) is 17.2 Å². The molecule has 2 rings (SSSR count). The Morgan fingerprint density at radius 1 is 0.600 bits per heavy atom. The molecule has 3 nitrogen and oxygen atoms in total. The van der Waals surface area contributed by atoms with Crippen LogP contribution in [0.4, 0.5) is 0 Å². The van der Waals surface area contributed by atoms with Crippen molar-refractivity contribution >= 4 is 12.2 Å². The minimum atomic E-state index is 0.777. The Bertz CT molecular complexity index is 563. The first kappa shape index (κ1) is 14.0. The molecule has 20 heavy (non-hydrogen) atoms. The van der Waals surface area contributed by atoms with Crippen LogP contribution < -0.4 is 14.2 Å². The topological polar surface area (TPSA) is 27.7 Å². The van der Waals surface area contributed by atoms with Crippen molar-refractivity contribution in [3.63, 3.8) is 0 Å². The van der Waals surface area contributed by atoms with E-state index < -0.39 is 0 Å². The fourth-order valence-electron chi connectivity index (χ4n) is 1.83. The van der Waals surface area contributed by atoms with E-state index >= 15 is 0 Å². The van der Waals surface area contributed by atoms with Crippen LogP contribution in [0.2, 0.25) is 0 Å². The van der Waals surface area contributed by atoms with E-state index in [1.165, 1.54) is 0 Å². The zero-order valence-corrected chi connectivity index (χ0v) is 11.9. The fraction of sp³-hybridized carbons (Fsp3) is 0.176. The van der Waals surface area contributed by atoms with Gasteiger partial charge in [-0.05, 0) is 35.4 Å². The van der Waals surface area contributed by atoms with Crippen LogP contribution in [-0.2, 0) is 0 Å². The summed E-state index contributed by atoms with van der Waals surface area (Å²) >= 11 is 0. The highest BCUT2D eigenvalue weighted by Crippen LogP contribution is 2.24. The normalized spacial score (nSPS) is 10.6. The smallest absolute Gasteiger partial charge is 0.123 e. The molecule has 3 heteroatoms. The summed E-state index contributed by atoms with van der Waals surface area (Å²) in [6.45, 7) is 0. The average molecular weight is 276 g/mol. The van der Waals surface area contributed by atoms with Gasteiger partial charge in [-0.2, -0.15) is 0 Å². The molecule has 0 aliphatic heterocycles. The van der Waals surface area contributed by atoms with Crippen molar-refractivity contribution in [2.75, 3.05) is 21.3 Å². The summed E-state index contributed by atoms with van der Waals surface area (Å²) in [5, 5.41) is 0. The van der Waals surface area contributed by atoms with Crippen molar-refractivity contribution in [2.24, 2.45) is 0 Å². The van der Waals surface area contributed by atoms with Crippen LogP contribution in [0.15, 0.2) is 42.5 Å². The lowest BCUT2D eigenvalue weighted by molar-refractivity contribution is 0.394. The van der Waals surface area contributed by atoms with Gasteiger partial charge in [-0.1, -0.05) is 24.3 Å². The molecular weight excluding hydrogens is 258 g/mol. The molecule has 0 aliphatic rings. The largest absolute Gasteiger partial charge is 0.497 e. The van der Waals surface area contributed by atoms with E-state index in [4.69, 9.17) is 14.2 Å². The van der Waals surface area contributed by atoms with Gasteiger partial charge in [0.05, 0.1) is 21.3 Å². The Hall–Kier alpha value is -2.42. The van der Waals surface area contributed by atoms with E-state index in [2.05, 4.69) is 0 Å². The van der Waals surface area contributed by atoms with Gasteiger partial charge in [0.2, 0.25) is 0 Å². The third kappa shape index (κ3) is 3.54. The monoisotopic (exact) mass is 276 g/mol. The fourth-order valence-corrected chi connectivity index (χ4v) is 1.83. The van der Waals surface area contributed by atoms with Crippen molar-refractivity contribution in [1.82, 2.24) is 0 Å². The molecule has 0 bridgehead atoms. The molecule has 0 radical (unpaired) electrons. The minimum Gasteiger partial charge on any atom is -0.497 e. The van der Waals surface area contributed by atoms with Gasteiger partial charge < -0.3 is 14.2 Å². The maximum atomic E-state index is 5.25. The first-order chi connectivity index (χ1) is 9.75. The van der Waals surface area contributed by atoms with Gasteiger partial charge in [-0.15, -0.1) is 0 Å². The lowest BCUT2D eigenvalue weighted by Crippen LogP contribution is -1.88. The summed E-state index contributed by atoms with van der Waals surface area (Å²) < 4.78 is 15.6. The number of hydrogen-bond acceptors (Lipinski definition) is 3. The lowest BCUT2D eigenvalue weighted by atomic mass is 10.2. The second kappa shape index (κ2) is 6.66. The van der Waals surface area contributed by atoms with E-state index in [0.29, 0.717) is 0 Å². The Morgan fingerprint density at radius 2 is 1.10 bits per heavy atom. The molecule has 0 saturated heterocycles. The third-order valence-corrected chi connectivity index (χ3v) is 2.96. The van der Waals surface area contributed by atoms with Crippen molar-refractivity contribution in [1.29, 1.82) is 0 Å². The summed E-state index contributed by atoms with van der Waals surface area (Å²) in [4.78, 5) is 0. The molecule has 0 aliphatic carbocycles. The highest BCUT2D eigenvalue weighted by atomic mass is 16.6. The molecule has 0 amide bonds. The van der Waals surface area contributed by atoms with Crippen LogP contribution in [0.3, 0.4) is 0 Å². The lowest BCUT2D eigenvalue weighted by Gasteiger charge is -2.05. The van der Waals surface area contributed by atoms with Crippen LogP contribution in [0.25, 0.3) is 12.2 Å². The first-order valence-electron chi connectivity index (χ1n) is 6.30. The van der Waals surface area contributed by atoms with Gasteiger partial charge in [0.25, 0.3) is 0 Å². The van der Waals surface area contributed by atoms with Gasteiger partial charge in [-0.3, -0.25) is 0 Å². The van der Waals surface area contributed by atoms with Gasteiger partial charge in [0, 0.05) is 6.07 Å². The molecule has 0 unspecified atom stereocenters. The van der Waals surface area contributed by atoms with Crippen molar-refractivity contribution in [3.8, 4) is 17.2 Å². The number of benzene rings is 2. The van der Waals surface area contributed by atoms with Crippen LogP contribution in [-0.4, -0.2) is 21.3 Å². The predicted octanol–water partition coefficient (Wildman–Crippen LogP) is 3.88. The molecule has 0 aromatic heterocycles. The van der Waals surface area contributed by atoms with Gasteiger partial charge in [-0.25, -0.2) is 0 Å². The minimum absolute atomic E-state index is 0.777. The zero-order valence-electron chi connectivity index (χ0n) is 11.9. The number of ether oxygens (including phenoxy) is 3. The van der Waals surface area contributed by atoms with Crippen LogP contribution in [0.1, 0.15) is 11.1 Å². The molecule has 2 aromatic rings. The standard InChI is InChI=1S/C17H18O3/c1-18-15-8-6-13(7-9-15)4-5-14-10-16(19-2)12-17(11-14)20-3/h4-12H,1-3H3/i10+1,11+1,12+1,14+1,16+1,17+1. The second-order valence-electron chi connectivity index (χ2n) is 4.25. The van der Waals surface area contributed by atoms with E-state index in [1.54, 1.807) is 21.3 Å². The summed E-state index contributed by atoms with van der Waals surface area (Å²) in [5.74, 6) is 2.41. The SMILES string of the molecule is COc1ccc(C=C[13c]2[13cH][13c](OC)[13cH][13c](OC)[13cH]2)cc1. The van der Waals surface area contributed by atoms with E-state index in [9.17, 15) is 0 Å². The van der Waals surface area contributed by atoms with Crippen LogP contribution in [0.5, 0.6) is 17.2 Å². The van der Waals surface area contributed by atoms with Crippen LogP contribution >= 0.6 is 0 Å². The number of hydrogen-bond donors (Lipinski definition) is 0. The van der Waals surface area contributed by atoms with Crippen LogP contribution in [0, 0.1) is 0 Å². The second-order valence-corrected chi connectivity index (χ2v) is 4.25. The van der Waals surface area contributed by atoms with Gasteiger partial charge in [0.15, 0.2) is 0 Å². The summed E-state index contributed by atoms with van der Waals surface area (Å²) in [7, 11) is 4.95. The molecule has 104 valence electrons. The maximum Gasteiger partial charge on any atom is 0.123 e. The Balaban J connectivity index is 2.21. The first-order valence-corrected chi connectivity index (χ1v) is 6.30. The number of methoxy groups -OCH3 is 3. The predicted molar refractivity (Wildman–Crippen MR) is 81.5 cm³/mol. The third-order valence-electron chi connectivity index (χ3n) is 2.96. The Kier molecular flexibility index (Phi) is 4.66. The van der Waals surface area contributed by atoms with E-state index in [1.807, 2.05) is 54.6 Å². The molecule has 0 N–H and O–H groups in total. The summed E-state index contributed by atoms with van der Waals surface area (Å²) in [6.07, 6.45) is 4.06. The summed E-state index contributed by atoms with van der Waals surface area (Å²) in [5.41, 5.74) is 2.13. The maximum absolute atomic E-state index is 5.25. The van der Waals surface area contributed by atoms with Crippen molar-refractivity contribution in [2.45, 2.75) is 0 Å². The molecule has 0 atom stereocenters. The molecule has 2 aromatic carbocycles. The van der Waals surface area contributed by atoms with Crippen molar-refractivity contribution in [3.05, 3.63) is 53.6 Å². The van der Waals surface area contributed by atoms with Crippen molar-refractivity contribution < 1.29 is 14.2 Å². The molecule has 0 spiro atoms. The van der Waals surface area contributed by atoms with E-state index in [-0.39, 0.29) is 0 Å².